The normalized spacial score (nSPS) is 20.1. The van der Waals surface area contributed by atoms with Crippen LogP contribution in [-0.4, -0.2) is 36.5 Å². The van der Waals surface area contributed by atoms with Crippen molar-refractivity contribution in [3.63, 3.8) is 0 Å². The second-order valence-electron chi connectivity index (χ2n) is 7.33. The number of ether oxygens (including phenoxy) is 1. The summed E-state index contributed by atoms with van der Waals surface area (Å²) in [5, 5.41) is 11.5. The maximum absolute atomic E-state index is 14.0. The Morgan fingerprint density at radius 3 is 2.83 bits per heavy atom. The summed E-state index contributed by atoms with van der Waals surface area (Å²) in [6.07, 6.45) is 1.41. The monoisotopic (exact) mass is 435 g/mol. The van der Waals surface area contributed by atoms with Crippen LogP contribution in [0.2, 0.25) is 0 Å². The summed E-state index contributed by atoms with van der Waals surface area (Å²) in [6, 6.07) is 6.95. The molecule has 0 radical (unpaired) electrons. The van der Waals surface area contributed by atoms with Gasteiger partial charge in [0.1, 0.15) is 22.6 Å². The largest absolute Gasteiger partial charge is 0.436 e. The average molecular weight is 436 g/mol. The maximum Gasteiger partial charge on any atom is 0.415 e. The Morgan fingerprint density at radius 1 is 1.34 bits per heavy atom. The van der Waals surface area contributed by atoms with Gasteiger partial charge in [-0.15, -0.1) is 11.3 Å². The maximum atomic E-state index is 14.0. The highest BCUT2D eigenvalue weighted by atomic mass is 32.1. The van der Waals surface area contributed by atoms with Crippen LogP contribution in [-0.2, 0) is 19.6 Å². The second-order valence-corrected chi connectivity index (χ2v) is 8.42. The van der Waals surface area contributed by atoms with Gasteiger partial charge in [-0.05, 0) is 24.0 Å². The predicted molar refractivity (Wildman–Crippen MR) is 110 cm³/mol. The molecule has 0 fully saturated rings. The molecule has 0 unspecified atom stereocenters. The fraction of sp³-hybridized carbons (Fsp3) is 0.333. The molecule has 5 rings (SSSR count). The Bertz CT molecular complexity index is 1050. The molecule has 4 heterocycles. The average Bonchev–Trinajstić information content (AvgIpc) is 3.33. The van der Waals surface area contributed by atoms with Crippen molar-refractivity contribution in [1.82, 2.24) is 19.4 Å². The fourth-order valence-corrected chi connectivity index (χ4v) is 4.94. The van der Waals surface area contributed by atoms with Crippen molar-refractivity contribution < 1.29 is 14.1 Å². The number of thiazole rings is 1. The molecule has 152 valence electrons. The third-order valence-corrected chi connectivity index (χ3v) is 6.05. The molecule has 0 saturated heterocycles. The van der Waals surface area contributed by atoms with Gasteiger partial charge >= 0.3 is 11.8 Å². The first-order chi connectivity index (χ1) is 13.4. The minimum Gasteiger partial charge on any atom is -0.436 e. The highest BCUT2D eigenvalue weighted by Gasteiger charge is 2.42. The Balaban J connectivity index is 0.00000205. The topological polar surface area (TPSA) is 86.3 Å². The third-order valence-electron chi connectivity index (χ3n) is 4.94. The molecule has 0 saturated carbocycles. The zero-order chi connectivity index (χ0) is 19.5. The number of rotatable bonds is 4. The van der Waals surface area contributed by atoms with E-state index in [1.54, 1.807) is 16.7 Å². The summed E-state index contributed by atoms with van der Waals surface area (Å²) in [7, 11) is 0. The molecule has 0 bridgehead atoms. The van der Waals surface area contributed by atoms with Crippen LogP contribution < -0.4 is 4.74 Å². The lowest BCUT2D eigenvalue weighted by molar-refractivity contribution is -0.389. The van der Waals surface area contributed by atoms with Gasteiger partial charge in [-0.3, -0.25) is 9.47 Å². The molecule has 2 aliphatic rings. The summed E-state index contributed by atoms with van der Waals surface area (Å²) in [4.78, 5) is 22.2. The van der Waals surface area contributed by atoms with Crippen molar-refractivity contribution in [2.75, 3.05) is 6.54 Å². The standard InChI is InChI=1S/C18H16FN5O3S.H2S/c1-18(10-23-8-15(24(25)26)21-17(23)27-18)9-22-6-13-14(7-22)28-16(20-13)11-4-2-3-5-12(11)19;/h2-5,8H,6-7,9-10H2,1H3;1H2/t18-;/m0./s1. The van der Waals surface area contributed by atoms with Crippen molar-refractivity contribution in [3.05, 3.63) is 57.0 Å². The molecule has 2 aromatic heterocycles. The van der Waals surface area contributed by atoms with Gasteiger partial charge in [0.05, 0.1) is 12.2 Å². The number of benzene rings is 1. The van der Waals surface area contributed by atoms with Crippen LogP contribution in [0.3, 0.4) is 0 Å². The zero-order valence-electron chi connectivity index (χ0n) is 15.5. The van der Waals surface area contributed by atoms with Gasteiger partial charge in [-0.1, -0.05) is 12.1 Å². The first-order valence-electron chi connectivity index (χ1n) is 8.77. The highest BCUT2D eigenvalue weighted by molar-refractivity contribution is 7.59. The molecule has 1 aromatic carbocycles. The number of nitro groups is 1. The second kappa shape index (κ2) is 7.08. The lowest BCUT2D eigenvalue weighted by Gasteiger charge is -2.27. The molecule has 3 aromatic rings. The van der Waals surface area contributed by atoms with E-state index in [4.69, 9.17) is 4.74 Å². The number of halogens is 1. The molecule has 29 heavy (non-hydrogen) atoms. The molecule has 1 atom stereocenters. The van der Waals surface area contributed by atoms with Crippen molar-refractivity contribution in [1.29, 1.82) is 0 Å². The smallest absolute Gasteiger partial charge is 0.415 e. The van der Waals surface area contributed by atoms with Gasteiger partial charge in [0, 0.05) is 35.1 Å². The van der Waals surface area contributed by atoms with Crippen molar-refractivity contribution in [2.24, 2.45) is 0 Å². The zero-order valence-corrected chi connectivity index (χ0v) is 17.3. The van der Waals surface area contributed by atoms with E-state index in [0.29, 0.717) is 30.2 Å². The summed E-state index contributed by atoms with van der Waals surface area (Å²) < 4.78 is 21.6. The predicted octanol–water partition coefficient (Wildman–Crippen LogP) is 3.33. The van der Waals surface area contributed by atoms with E-state index in [1.807, 2.05) is 13.0 Å². The lowest BCUT2D eigenvalue weighted by atomic mass is 10.1. The van der Waals surface area contributed by atoms with Crippen molar-refractivity contribution >= 4 is 30.7 Å². The Morgan fingerprint density at radius 2 is 2.14 bits per heavy atom. The summed E-state index contributed by atoms with van der Waals surface area (Å²) in [5.41, 5.74) is 0.991. The van der Waals surface area contributed by atoms with Crippen molar-refractivity contribution in [3.8, 4) is 16.6 Å². The number of nitrogens with zero attached hydrogens (tertiary/aromatic N) is 5. The van der Waals surface area contributed by atoms with Gasteiger partial charge in [-0.25, -0.2) is 9.37 Å². The van der Waals surface area contributed by atoms with Crippen LogP contribution in [0.1, 0.15) is 17.5 Å². The Hall–Kier alpha value is -2.50. The van der Waals surface area contributed by atoms with E-state index >= 15 is 0 Å². The van der Waals surface area contributed by atoms with Gasteiger partial charge in [0.25, 0.3) is 0 Å². The van der Waals surface area contributed by atoms with E-state index in [1.165, 1.54) is 23.6 Å². The fourth-order valence-electron chi connectivity index (χ4n) is 3.80. The number of hydrogen-bond donors (Lipinski definition) is 0. The minimum absolute atomic E-state index is 0. The molecular weight excluding hydrogens is 417 g/mol. The number of aromatic nitrogens is 3. The number of hydrogen-bond acceptors (Lipinski definition) is 7. The van der Waals surface area contributed by atoms with Crippen LogP contribution >= 0.6 is 24.8 Å². The SMILES string of the molecule is C[C@]1(CN2Cc3nc(-c4ccccc4F)sc3C2)Cn2cc([N+](=O)[O-])nc2O1.S. The molecule has 0 N–H and O–H groups in total. The summed E-state index contributed by atoms with van der Waals surface area (Å²) in [6.45, 7) is 4.51. The Labute approximate surface area is 176 Å². The number of fused-ring (bicyclic) bond motifs is 2. The first kappa shape index (κ1) is 19.8. The van der Waals surface area contributed by atoms with Crippen molar-refractivity contribution in [2.45, 2.75) is 32.2 Å². The molecule has 8 nitrogen and oxygen atoms in total. The summed E-state index contributed by atoms with van der Waals surface area (Å²) in [5.74, 6) is -0.465. The van der Waals surface area contributed by atoms with Crippen LogP contribution in [0.4, 0.5) is 10.2 Å². The molecule has 11 heteroatoms. The molecule has 2 aliphatic heterocycles. The van der Waals surface area contributed by atoms with E-state index in [0.717, 1.165) is 17.1 Å². The van der Waals surface area contributed by atoms with Crippen LogP contribution in [0.5, 0.6) is 6.01 Å². The van der Waals surface area contributed by atoms with Gasteiger partial charge in [-0.2, -0.15) is 13.5 Å². The van der Waals surface area contributed by atoms with Crippen LogP contribution in [0, 0.1) is 15.9 Å². The van der Waals surface area contributed by atoms with Gasteiger partial charge in [0.2, 0.25) is 0 Å². The number of imidazole rings is 1. The quantitative estimate of drug-likeness (QED) is 0.462. The molecule has 0 aliphatic carbocycles. The minimum atomic E-state index is -0.524. The van der Waals surface area contributed by atoms with E-state index in [2.05, 4.69) is 14.9 Å². The molecule has 0 spiro atoms. The Kier molecular flexibility index (Phi) is 4.83. The molecule has 0 amide bonds. The van der Waals surface area contributed by atoms with E-state index in [9.17, 15) is 14.5 Å². The lowest BCUT2D eigenvalue weighted by Crippen LogP contribution is -2.43. The highest BCUT2D eigenvalue weighted by Crippen LogP contribution is 2.37. The van der Waals surface area contributed by atoms with E-state index < -0.39 is 10.5 Å². The van der Waals surface area contributed by atoms with E-state index in [-0.39, 0.29) is 31.1 Å². The van der Waals surface area contributed by atoms with Gasteiger partial charge < -0.3 is 14.9 Å². The van der Waals surface area contributed by atoms with Crippen LogP contribution in [0.15, 0.2) is 30.5 Å². The first-order valence-corrected chi connectivity index (χ1v) is 9.58. The third kappa shape index (κ3) is 3.49. The van der Waals surface area contributed by atoms with Crippen LogP contribution in [0.25, 0.3) is 10.6 Å². The molecular formula is C18H18FN5O3S2. The van der Waals surface area contributed by atoms with Gasteiger partial charge in [0.15, 0.2) is 0 Å². The summed E-state index contributed by atoms with van der Waals surface area (Å²) >= 11 is 1.52.